The molecule has 0 fully saturated rings. The van der Waals surface area contributed by atoms with E-state index in [1.165, 1.54) is 42.4 Å². The highest BCUT2D eigenvalue weighted by Crippen LogP contribution is 2.27. The Morgan fingerprint density at radius 3 is 2.69 bits per heavy atom. The van der Waals surface area contributed by atoms with Crippen LogP contribution in [0.2, 0.25) is 5.02 Å². The first-order chi connectivity index (χ1) is 12.4. The Balaban J connectivity index is 1.73. The molecule has 0 aliphatic heterocycles. The summed E-state index contributed by atoms with van der Waals surface area (Å²) < 4.78 is 33.2. The van der Waals surface area contributed by atoms with Crippen molar-refractivity contribution in [2.24, 2.45) is 0 Å². The van der Waals surface area contributed by atoms with E-state index in [9.17, 15) is 13.4 Å². The SMILES string of the molecule is CS(=O)NC(=O)c1cc(Cl)c(COc2ccc3c(c2)CCCC3)cc1F. The van der Waals surface area contributed by atoms with E-state index in [4.69, 9.17) is 16.3 Å². The maximum absolute atomic E-state index is 14.2. The average molecular weight is 396 g/mol. The molecule has 2 aromatic rings. The van der Waals surface area contributed by atoms with Gasteiger partial charge < -0.3 is 4.74 Å². The third-order valence-corrected chi connectivity index (χ3v) is 5.16. The molecule has 0 bridgehead atoms. The molecule has 0 heterocycles. The third-order valence-electron chi connectivity index (χ3n) is 4.33. The van der Waals surface area contributed by atoms with Crippen LogP contribution in [-0.4, -0.2) is 16.4 Å². The fraction of sp³-hybridized carbons (Fsp3) is 0.316. The number of hydrogen-bond acceptors (Lipinski definition) is 3. The maximum atomic E-state index is 14.2. The maximum Gasteiger partial charge on any atom is 0.265 e. The van der Waals surface area contributed by atoms with Crippen LogP contribution in [0.25, 0.3) is 0 Å². The van der Waals surface area contributed by atoms with Crippen LogP contribution in [0.1, 0.15) is 39.9 Å². The van der Waals surface area contributed by atoms with Gasteiger partial charge in [-0.25, -0.2) is 8.60 Å². The fourth-order valence-electron chi connectivity index (χ4n) is 3.02. The van der Waals surface area contributed by atoms with Crippen molar-refractivity contribution in [3.63, 3.8) is 0 Å². The minimum atomic E-state index is -1.58. The number of fused-ring (bicyclic) bond motifs is 1. The molecule has 0 radical (unpaired) electrons. The van der Waals surface area contributed by atoms with Crippen molar-refractivity contribution in [2.75, 3.05) is 6.26 Å². The molecule has 138 valence electrons. The Morgan fingerprint density at radius 1 is 1.23 bits per heavy atom. The first-order valence-corrected chi connectivity index (χ1v) is 10.2. The Labute approximate surface area is 159 Å². The van der Waals surface area contributed by atoms with Gasteiger partial charge in [0.15, 0.2) is 0 Å². The van der Waals surface area contributed by atoms with Crippen molar-refractivity contribution >= 4 is 28.5 Å². The predicted molar refractivity (Wildman–Crippen MR) is 100 cm³/mol. The molecule has 1 atom stereocenters. The lowest BCUT2D eigenvalue weighted by molar-refractivity contribution is 0.0979. The summed E-state index contributed by atoms with van der Waals surface area (Å²) in [7, 11) is -1.58. The molecule has 4 nitrogen and oxygen atoms in total. The quantitative estimate of drug-likeness (QED) is 0.833. The number of amides is 1. The predicted octanol–water partition coefficient (Wildman–Crippen LogP) is 3.96. The summed E-state index contributed by atoms with van der Waals surface area (Å²) in [5.74, 6) is -0.792. The summed E-state index contributed by atoms with van der Waals surface area (Å²) in [5.41, 5.74) is 2.85. The van der Waals surface area contributed by atoms with Gasteiger partial charge in [-0.05, 0) is 61.1 Å². The van der Waals surface area contributed by atoms with Crippen molar-refractivity contribution in [3.8, 4) is 5.75 Å². The smallest absolute Gasteiger partial charge is 0.265 e. The second kappa shape index (κ2) is 8.18. The average Bonchev–Trinajstić information content (AvgIpc) is 2.61. The van der Waals surface area contributed by atoms with E-state index < -0.39 is 22.7 Å². The van der Waals surface area contributed by atoms with Gasteiger partial charge >= 0.3 is 0 Å². The van der Waals surface area contributed by atoms with E-state index in [0.29, 0.717) is 11.3 Å². The fourth-order valence-corrected chi connectivity index (χ4v) is 3.61. The molecule has 1 aliphatic carbocycles. The molecule has 0 saturated heterocycles. The van der Waals surface area contributed by atoms with Gasteiger partial charge in [-0.15, -0.1) is 0 Å². The number of halogens is 2. The minimum absolute atomic E-state index is 0.0934. The zero-order valence-corrected chi connectivity index (χ0v) is 15.9. The summed E-state index contributed by atoms with van der Waals surface area (Å²) in [4.78, 5) is 11.8. The van der Waals surface area contributed by atoms with E-state index in [1.54, 1.807) is 0 Å². The van der Waals surface area contributed by atoms with Crippen LogP contribution in [0.15, 0.2) is 30.3 Å². The lowest BCUT2D eigenvalue weighted by Crippen LogP contribution is -2.25. The summed E-state index contributed by atoms with van der Waals surface area (Å²) in [6.07, 6.45) is 5.83. The second-order valence-electron chi connectivity index (χ2n) is 6.24. The molecule has 0 saturated carbocycles. The number of ether oxygens (including phenoxy) is 1. The van der Waals surface area contributed by atoms with Gasteiger partial charge in [0, 0.05) is 16.8 Å². The van der Waals surface area contributed by atoms with Gasteiger partial charge in [0.05, 0.1) is 5.56 Å². The highest BCUT2D eigenvalue weighted by atomic mass is 35.5. The van der Waals surface area contributed by atoms with Crippen molar-refractivity contribution in [3.05, 3.63) is 63.4 Å². The monoisotopic (exact) mass is 395 g/mol. The van der Waals surface area contributed by atoms with E-state index in [1.807, 2.05) is 12.1 Å². The Kier molecular flexibility index (Phi) is 5.94. The normalized spacial score (nSPS) is 14.4. The van der Waals surface area contributed by atoms with Crippen LogP contribution < -0.4 is 9.46 Å². The van der Waals surface area contributed by atoms with Gasteiger partial charge in [-0.2, -0.15) is 0 Å². The zero-order chi connectivity index (χ0) is 18.7. The molecule has 3 rings (SSSR count). The van der Waals surface area contributed by atoms with Crippen molar-refractivity contribution in [1.82, 2.24) is 4.72 Å². The number of hydrogen-bond donors (Lipinski definition) is 1. The largest absolute Gasteiger partial charge is 0.489 e. The molecular formula is C19H19ClFNO3S. The topological polar surface area (TPSA) is 55.4 Å². The van der Waals surface area contributed by atoms with Crippen molar-refractivity contribution in [2.45, 2.75) is 32.3 Å². The minimum Gasteiger partial charge on any atom is -0.489 e. The van der Waals surface area contributed by atoms with Crippen LogP contribution in [-0.2, 0) is 30.4 Å². The van der Waals surface area contributed by atoms with E-state index in [-0.39, 0.29) is 17.2 Å². The van der Waals surface area contributed by atoms with Gasteiger partial charge in [0.25, 0.3) is 5.91 Å². The number of benzene rings is 2. The second-order valence-corrected chi connectivity index (χ2v) is 7.75. The van der Waals surface area contributed by atoms with E-state index in [2.05, 4.69) is 10.8 Å². The van der Waals surface area contributed by atoms with E-state index >= 15 is 0 Å². The molecule has 1 unspecified atom stereocenters. The molecule has 1 N–H and O–H groups in total. The first-order valence-electron chi connectivity index (χ1n) is 8.31. The van der Waals surface area contributed by atoms with Crippen LogP contribution in [0.5, 0.6) is 5.75 Å². The summed E-state index contributed by atoms with van der Waals surface area (Å²) in [5, 5.41) is 0.219. The number of carbonyl (C=O) groups is 1. The number of nitrogens with one attached hydrogen (secondary N) is 1. The standard InChI is InChI=1S/C19H19ClFNO3S/c1-26(24)22-19(23)16-10-17(20)14(9-18(16)21)11-25-15-7-6-12-4-2-3-5-13(12)8-15/h6-10H,2-5,11H2,1H3,(H,22,23). The lowest BCUT2D eigenvalue weighted by atomic mass is 9.92. The van der Waals surface area contributed by atoms with Crippen LogP contribution >= 0.6 is 11.6 Å². The van der Waals surface area contributed by atoms with Gasteiger partial charge in [0.1, 0.15) is 29.2 Å². The third kappa shape index (κ3) is 4.43. The molecular weight excluding hydrogens is 377 g/mol. The van der Waals surface area contributed by atoms with Gasteiger partial charge in [-0.3, -0.25) is 9.52 Å². The van der Waals surface area contributed by atoms with E-state index in [0.717, 1.165) is 12.8 Å². The zero-order valence-electron chi connectivity index (χ0n) is 14.3. The number of aryl methyl sites for hydroxylation is 2. The van der Waals surface area contributed by atoms with Crippen molar-refractivity contribution < 1.29 is 18.1 Å². The first kappa shape index (κ1) is 18.9. The van der Waals surface area contributed by atoms with Gasteiger partial charge in [0.2, 0.25) is 0 Å². The number of carbonyl (C=O) groups excluding carboxylic acids is 1. The van der Waals surface area contributed by atoms with Crippen LogP contribution in [0.4, 0.5) is 4.39 Å². The summed E-state index contributed by atoms with van der Waals surface area (Å²) >= 11 is 6.16. The molecule has 0 aromatic heterocycles. The molecule has 7 heteroatoms. The lowest BCUT2D eigenvalue weighted by Gasteiger charge is -2.17. The highest BCUT2D eigenvalue weighted by molar-refractivity contribution is 7.82. The molecule has 1 aliphatic rings. The Bertz CT molecular complexity index is 872. The molecule has 1 amide bonds. The Hall–Kier alpha value is -1.92. The van der Waals surface area contributed by atoms with Gasteiger partial charge in [-0.1, -0.05) is 17.7 Å². The number of rotatable bonds is 5. The van der Waals surface area contributed by atoms with Crippen molar-refractivity contribution in [1.29, 1.82) is 0 Å². The van der Waals surface area contributed by atoms with Crippen LogP contribution in [0.3, 0.4) is 0 Å². The summed E-state index contributed by atoms with van der Waals surface area (Å²) in [6.45, 7) is 0.0934. The Morgan fingerprint density at radius 2 is 1.96 bits per heavy atom. The molecule has 26 heavy (non-hydrogen) atoms. The highest BCUT2D eigenvalue weighted by Gasteiger charge is 2.17. The molecule has 2 aromatic carbocycles. The summed E-state index contributed by atoms with van der Waals surface area (Å²) in [6, 6.07) is 8.41. The molecule has 0 spiro atoms. The van der Waals surface area contributed by atoms with Crippen LogP contribution in [0, 0.1) is 5.82 Å².